The fourth-order valence-electron chi connectivity index (χ4n) is 2.78. The van der Waals surface area contributed by atoms with Crippen LogP contribution >= 0.6 is 0 Å². The molecule has 164 valence electrons. The number of nitrogens with one attached hydrogen (secondary N) is 3. The van der Waals surface area contributed by atoms with Crippen LogP contribution in [0.5, 0.6) is 0 Å². The first-order valence-electron chi connectivity index (χ1n) is 9.44. The molecule has 2 amide bonds. The lowest BCUT2D eigenvalue weighted by molar-refractivity contribution is -0.384. The molecule has 0 spiro atoms. The van der Waals surface area contributed by atoms with E-state index in [1.165, 1.54) is 6.07 Å². The first-order chi connectivity index (χ1) is 14.6. The largest absolute Gasteiger partial charge is 0.416 e. The van der Waals surface area contributed by atoms with Crippen molar-refractivity contribution >= 4 is 28.9 Å². The highest BCUT2D eigenvalue weighted by atomic mass is 19.4. The van der Waals surface area contributed by atoms with Crippen molar-refractivity contribution in [1.82, 2.24) is 5.32 Å². The van der Waals surface area contributed by atoms with Crippen LogP contribution in [0.1, 0.15) is 35.2 Å². The fourth-order valence-corrected chi connectivity index (χ4v) is 2.78. The van der Waals surface area contributed by atoms with Crippen LogP contribution in [0.15, 0.2) is 42.5 Å². The standard InChI is InChI=1S/C20H19F3N4O4/c21-20(22,23)13-4-7-16(17(11-13)27(30)31)24-9-8-18(28)25-15-3-1-2-12(10-15)19(29)26-14-5-6-14/h1-4,7,10-11,14,24H,5-6,8-9H2,(H,25,28)(H,26,29). The molecule has 0 radical (unpaired) electrons. The lowest BCUT2D eigenvalue weighted by atomic mass is 10.1. The maximum atomic E-state index is 12.8. The van der Waals surface area contributed by atoms with Gasteiger partial charge in [0.05, 0.1) is 10.5 Å². The monoisotopic (exact) mass is 436 g/mol. The summed E-state index contributed by atoms with van der Waals surface area (Å²) in [6.45, 7) is -0.0418. The van der Waals surface area contributed by atoms with Crippen molar-refractivity contribution in [1.29, 1.82) is 0 Å². The van der Waals surface area contributed by atoms with Gasteiger partial charge in [0, 0.05) is 36.3 Å². The first kappa shape index (κ1) is 22.1. The zero-order valence-corrected chi connectivity index (χ0v) is 16.2. The van der Waals surface area contributed by atoms with Gasteiger partial charge in [0.25, 0.3) is 11.6 Å². The normalized spacial score (nSPS) is 13.4. The maximum Gasteiger partial charge on any atom is 0.416 e. The van der Waals surface area contributed by atoms with Gasteiger partial charge in [-0.1, -0.05) is 6.07 Å². The molecular formula is C20H19F3N4O4. The molecule has 2 aromatic rings. The number of nitro groups is 1. The van der Waals surface area contributed by atoms with Crippen molar-refractivity contribution in [2.75, 3.05) is 17.2 Å². The van der Waals surface area contributed by atoms with Gasteiger partial charge >= 0.3 is 6.18 Å². The van der Waals surface area contributed by atoms with E-state index in [9.17, 15) is 32.9 Å². The lowest BCUT2D eigenvalue weighted by Crippen LogP contribution is -2.25. The van der Waals surface area contributed by atoms with Crippen molar-refractivity contribution in [3.05, 3.63) is 63.7 Å². The quantitative estimate of drug-likeness (QED) is 0.428. The molecule has 1 saturated carbocycles. The molecule has 0 unspecified atom stereocenters. The number of anilines is 2. The van der Waals surface area contributed by atoms with Crippen LogP contribution in [0, 0.1) is 10.1 Å². The third kappa shape index (κ3) is 6.17. The lowest BCUT2D eigenvalue weighted by Gasteiger charge is -2.11. The number of nitrogens with zero attached hydrogens (tertiary/aromatic N) is 1. The number of amides is 2. The highest BCUT2D eigenvalue weighted by Crippen LogP contribution is 2.34. The molecular weight excluding hydrogens is 417 g/mol. The molecule has 0 atom stereocenters. The predicted octanol–water partition coefficient (Wildman–Crippen LogP) is 3.95. The van der Waals surface area contributed by atoms with Gasteiger partial charge in [-0.15, -0.1) is 0 Å². The van der Waals surface area contributed by atoms with Crippen LogP contribution in [-0.2, 0) is 11.0 Å². The van der Waals surface area contributed by atoms with Crippen molar-refractivity contribution in [3.8, 4) is 0 Å². The number of benzene rings is 2. The van der Waals surface area contributed by atoms with Crippen LogP contribution in [-0.4, -0.2) is 29.3 Å². The topological polar surface area (TPSA) is 113 Å². The number of alkyl halides is 3. The minimum atomic E-state index is -4.70. The fraction of sp³-hybridized carbons (Fsp3) is 0.300. The Morgan fingerprint density at radius 1 is 1.13 bits per heavy atom. The molecule has 3 rings (SSSR count). The Kier molecular flexibility index (Phi) is 6.42. The minimum Gasteiger partial charge on any atom is -0.379 e. The molecule has 1 aliphatic carbocycles. The molecule has 1 aliphatic rings. The summed E-state index contributed by atoms with van der Waals surface area (Å²) in [5, 5.41) is 19.2. The molecule has 31 heavy (non-hydrogen) atoms. The third-order valence-electron chi connectivity index (χ3n) is 4.51. The molecule has 0 heterocycles. The Morgan fingerprint density at radius 2 is 1.87 bits per heavy atom. The van der Waals surface area contributed by atoms with Crippen molar-refractivity contribution < 1.29 is 27.7 Å². The van der Waals surface area contributed by atoms with Gasteiger partial charge < -0.3 is 16.0 Å². The zero-order chi connectivity index (χ0) is 22.6. The summed E-state index contributed by atoms with van der Waals surface area (Å²) >= 11 is 0. The van der Waals surface area contributed by atoms with Gasteiger partial charge in [-0.2, -0.15) is 13.2 Å². The van der Waals surface area contributed by atoms with Gasteiger partial charge in [-0.05, 0) is 43.2 Å². The Morgan fingerprint density at radius 3 is 2.52 bits per heavy atom. The molecule has 0 aliphatic heterocycles. The van der Waals surface area contributed by atoms with Gasteiger partial charge in [-0.3, -0.25) is 19.7 Å². The molecule has 11 heteroatoms. The molecule has 2 aromatic carbocycles. The summed E-state index contributed by atoms with van der Waals surface area (Å²) in [5.41, 5.74) is -1.17. The predicted molar refractivity (Wildman–Crippen MR) is 107 cm³/mol. The van der Waals surface area contributed by atoms with Crippen LogP contribution in [0.25, 0.3) is 0 Å². The van der Waals surface area contributed by atoms with Gasteiger partial charge in [-0.25, -0.2) is 0 Å². The van der Waals surface area contributed by atoms with Gasteiger partial charge in [0.2, 0.25) is 5.91 Å². The van der Waals surface area contributed by atoms with E-state index in [1.54, 1.807) is 18.2 Å². The molecule has 0 bridgehead atoms. The van der Waals surface area contributed by atoms with E-state index in [2.05, 4.69) is 16.0 Å². The number of hydrogen-bond donors (Lipinski definition) is 3. The molecule has 8 nitrogen and oxygen atoms in total. The van der Waals surface area contributed by atoms with E-state index < -0.39 is 28.3 Å². The van der Waals surface area contributed by atoms with E-state index in [4.69, 9.17) is 0 Å². The Bertz CT molecular complexity index is 1010. The summed E-state index contributed by atoms with van der Waals surface area (Å²) in [7, 11) is 0. The second-order valence-corrected chi connectivity index (χ2v) is 7.04. The molecule has 0 aromatic heterocycles. The Balaban J connectivity index is 1.56. The number of carbonyl (C=O) groups excluding carboxylic acids is 2. The highest BCUT2D eigenvalue weighted by molar-refractivity contribution is 5.97. The Labute approximate surface area is 175 Å². The van der Waals surface area contributed by atoms with Crippen molar-refractivity contribution in [2.24, 2.45) is 0 Å². The Hall–Kier alpha value is -3.63. The van der Waals surface area contributed by atoms with Crippen LogP contribution in [0.2, 0.25) is 0 Å². The summed E-state index contributed by atoms with van der Waals surface area (Å²) in [6.07, 6.45) is -2.90. The zero-order valence-electron chi connectivity index (χ0n) is 16.2. The van der Waals surface area contributed by atoms with Crippen LogP contribution in [0.4, 0.5) is 30.2 Å². The number of halogens is 3. The van der Waals surface area contributed by atoms with E-state index in [1.807, 2.05) is 0 Å². The van der Waals surface area contributed by atoms with Gasteiger partial charge in [0.15, 0.2) is 0 Å². The van der Waals surface area contributed by atoms with Crippen molar-refractivity contribution in [3.63, 3.8) is 0 Å². The first-order valence-corrected chi connectivity index (χ1v) is 9.44. The summed E-state index contributed by atoms with van der Waals surface area (Å²) in [6, 6.07) is 8.73. The number of nitro benzene ring substituents is 1. The SMILES string of the molecule is O=C(CCNc1ccc(C(F)(F)F)cc1[N+](=O)[O-])Nc1cccc(C(=O)NC2CC2)c1. The second kappa shape index (κ2) is 9.02. The summed E-state index contributed by atoms with van der Waals surface area (Å²) in [4.78, 5) is 34.4. The second-order valence-electron chi connectivity index (χ2n) is 7.04. The van der Waals surface area contributed by atoms with E-state index in [-0.39, 0.29) is 30.6 Å². The summed E-state index contributed by atoms with van der Waals surface area (Å²) in [5.74, 6) is -0.656. The van der Waals surface area contributed by atoms with E-state index in [0.717, 1.165) is 25.0 Å². The summed E-state index contributed by atoms with van der Waals surface area (Å²) < 4.78 is 38.3. The number of rotatable bonds is 8. The molecule has 0 saturated heterocycles. The average molecular weight is 436 g/mol. The average Bonchev–Trinajstić information content (AvgIpc) is 3.51. The highest BCUT2D eigenvalue weighted by Gasteiger charge is 2.33. The van der Waals surface area contributed by atoms with Crippen LogP contribution in [0.3, 0.4) is 0 Å². The molecule has 3 N–H and O–H groups in total. The van der Waals surface area contributed by atoms with Crippen LogP contribution < -0.4 is 16.0 Å². The number of carbonyl (C=O) groups is 2. The van der Waals surface area contributed by atoms with E-state index in [0.29, 0.717) is 17.3 Å². The maximum absolute atomic E-state index is 12.8. The third-order valence-corrected chi connectivity index (χ3v) is 4.51. The van der Waals surface area contributed by atoms with E-state index >= 15 is 0 Å². The smallest absolute Gasteiger partial charge is 0.379 e. The van der Waals surface area contributed by atoms with Crippen molar-refractivity contribution in [2.45, 2.75) is 31.5 Å². The molecule has 1 fully saturated rings. The minimum absolute atomic E-state index is 0.0418. The van der Waals surface area contributed by atoms with Gasteiger partial charge in [0.1, 0.15) is 5.69 Å². The number of hydrogen-bond acceptors (Lipinski definition) is 5.